The van der Waals surface area contributed by atoms with Gasteiger partial charge in [-0.15, -0.1) is 0 Å². The molecule has 0 bridgehead atoms. The second-order valence-electron chi connectivity index (χ2n) is 5.57. The molecule has 1 aromatic rings. The van der Waals surface area contributed by atoms with Gasteiger partial charge in [0.1, 0.15) is 0 Å². The second-order valence-corrected chi connectivity index (χ2v) is 5.57. The number of halogens is 3. The Kier molecular flexibility index (Phi) is 5.24. The minimum atomic E-state index is -4.31. The Morgan fingerprint density at radius 3 is 2.62 bits per heavy atom. The Bertz CT molecular complexity index is 462. The third-order valence-corrected chi connectivity index (χ3v) is 4.02. The number of rotatable bonds is 3. The summed E-state index contributed by atoms with van der Waals surface area (Å²) in [5.41, 5.74) is 5.89. The third kappa shape index (κ3) is 4.18. The van der Waals surface area contributed by atoms with Crippen LogP contribution in [0.3, 0.4) is 0 Å². The fourth-order valence-electron chi connectivity index (χ4n) is 2.80. The lowest BCUT2D eigenvalue weighted by Crippen LogP contribution is -2.36. The van der Waals surface area contributed by atoms with Crippen LogP contribution < -0.4 is 5.73 Å². The highest BCUT2D eigenvalue weighted by Gasteiger charge is 2.31. The zero-order valence-corrected chi connectivity index (χ0v) is 12.2. The highest BCUT2D eigenvalue weighted by molar-refractivity contribution is 5.28. The van der Waals surface area contributed by atoms with E-state index >= 15 is 0 Å². The van der Waals surface area contributed by atoms with Crippen molar-refractivity contribution < 1.29 is 13.2 Å². The van der Waals surface area contributed by atoms with E-state index in [1.54, 1.807) is 6.07 Å². The second kappa shape index (κ2) is 6.77. The molecule has 0 radical (unpaired) electrons. The van der Waals surface area contributed by atoms with Gasteiger partial charge in [0.25, 0.3) is 0 Å². The lowest BCUT2D eigenvalue weighted by molar-refractivity contribution is -0.137. The van der Waals surface area contributed by atoms with Gasteiger partial charge in [0.05, 0.1) is 5.56 Å². The molecule has 0 saturated carbocycles. The number of benzene rings is 1. The van der Waals surface area contributed by atoms with E-state index in [0.29, 0.717) is 12.1 Å². The van der Waals surface area contributed by atoms with Gasteiger partial charge in [-0.05, 0) is 37.7 Å². The zero-order valence-electron chi connectivity index (χ0n) is 12.2. The van der Waals surface area contributed by atoms with Gasteiger partial charge in [0.15, 0.2) is 0 Å². The molecule has 3 nitrogen and oxygen atoms in total. The van der Waals surface area contributed by atoms with Crippen molar-refractivity contribution in [1.29, 1.82) is 0 Å². The van der Waals surface area contributed by atoms with Gasteiger partial charge in [-0.3, -0.25) is 4.90 Å². The van der Waals surface area contributed by atoms with Crippen molar-refractivity contribution in [2.45, 2.75) is 18.6 Å². The van der Waals surface area contributed by atoms with Gasteiger partial charge in [-0.2, -0.15) is 13.2 Å². The maximum Gasteiger partial charge on any atom is 0.416 e. The number of likely N-dealkylation sites (N-methyl/N-ethyl adjacent to an activating group) is 1. The molecule has 21 heavy (non-hydrogen) atoms. The normalized spacial score (nSPS) is 20.2. The minimum Gasteiger partial charge on any atom is -0.329 e. The van der Waals surface area contributed by atoms with E-state index < -0.39 is 11.7 Å². The molecule has 1 aliphatic heterocycles. The molecule has 2 rings (SSSR count). The molecule has 0 aromatic heterocycles. The molecule has 1 heterocycles. The van der Waals surface area contributed by atoms with E-state index in [9.17, 15) is 13.2 Å². The summed E-state index contributed by atoms with van der Waals surface area (Å²) in [6.45, 7) is 3.94. The SMILES string of the molecule is CN1CCCN(C(CN)c2cccc(C(F)(F)F)c2)CC1. The Labute approximate surface area is 123 Å². The first-order valence-electron chi connectivity index (χ1n) is 7.21. The van der Waals surface area contributed by atoms with Crippen LogP contribution in [0.5, 0.6) is 0 Å². The van der Waals surface area contributed by atoms with E-state index in [4.69, 9.17) is 5.73 Å². The molecule has 0 aliphatic carbocycles. The fourth-order valence-corrected chi connectivity index (χ4v) is 2.80. The van der Waals surface area contributed by atoms with Crippen molar-refractivity contribution in [1.82, 2.24) is 9.80 Å². The number of hydrogen-bond donors (Lipinski definition) is 1. The highest BCUT2D eigenvalue weighted by atomic mass is 19.4. The zero-order chi connectivity index (χ0) is 15.5. The van der Waals surface area contributed by atoms with Crippen molar-refractivity contribution in [3.05, 3.63) is 35.4 Å². The van der Waals surface area contributed by atoms with Gasteiger partial charge in [-0.1, -0.05) is 12.1 Å². The molecule has 1 unspecified atom stereocenters. The van der Waals surface area contributed by atoms with Gasteiger partial charge >= 0.3 is 6.18 Å². The largest absolute Gasteiger partial charge is 0.416 e. The lowest BCUT2D eigenvalue weighted by Gasteiger charge is -2.30. The van der Waals surface area contributed by atoms with Gasteiger partial charge < -0.3 is 10.6 Å². The molecule has 0 amide bonds. The summed E-state index contributed by atoms with van der Waals surface area (Å²) in [6.07, 6.45) is -3.31. The van der Waals surface area contributed by atoms with Crippen LogP contribution in [0.25, 0.3) is 0 Å². The molecule has 1 fully saturated rings. The topological polar surface area (TPSA) is 32.5 Å². The molecule has 1 aliphatic rings. The Balaban J connectivity index is 2.20. The predicted octanol–water partition coefficient (Wildman–Crippen LogP) is 2.34. The molecule has 118 valence electrons. The van der Waals surface area contributed by atoms with Crippen LogP contribution in [0, 0.1) is 0 Å². The van der Waals surface area contributed by atoms with Crippen molar-refractivity contribution in [2.75, 3.05) is 39.8 Å². The summed E-state index contributed by atoms with van der Waals surface area (Å²) in [7, 11) is 2.06. The van der Waals surface area contributed by atoms with Crippen LogP contribution in [0.1, 0.15) is 23.6 Å². The van der Waals surface area contributed by atoms with E-state index in [0.717, 1.165) is 38.7 Å². The Hall–Kier alpha value is -1.11. The van der Waals surface area contributed by atoms with E-state index in [1.165, 1.54) is 12.1 Å². The van der Waals surface area contributed by atoms with Crippen molar-refractivity contribution in [3.63, 3.8) is 0 Å². The quantitative estimate of drug-likeness (QED) is 0.930. The van der Waals surface area contributed by atoms with Gasteiger partial charge in [0.2, 0.25) is 0 Å². The average molecular weight is 301 g/mol. The van der Waals surface area contributed by atoms with E-state index in [-0.39, 0.29) is 6.04 Å². The van der Waals surface area contributed by atoms with Crippen LogP contribution in [-0.2, 0) is 6.18 Å². The molecule has 1 saturated heterocycles. The number of nitrogens with two attached hydrogens (primary N) is 1. The number of nitrogens with zero attached hydrogens (tertiary/aromatic N) is 2. The highest BCUT2D eigenvalue weighted by Crippen LogP contribution is 2.31. The van der Waals surface area contributed by atoms with Crippen LogP contribution >= 0.6 is 0 Å². The van der Waals surface area contributed by atoms with Gasteiger partial charge in [0, 0.05) is 32.2 Å². The van der Waals surface area contributed by atoms with Crippen LogP contribution in [0.4, 0.5) is 13.2 Å². The summed E-state index contributed by atoms with van der Waals surface area (Å²) in [5, 5.41) is 0. The summed E-state index contributed by atoms with van der Waals surface area (Å²) < 4.78 is 38.5. The minimum absolute atomic E-state index is 0.154. The summed E-state index contributed by atoms with van der Waals surface area (Å²) in [4.78, 5) is 4.43. The van der Waals surface area contributed by atoms with Crippen molar-refractivity contribution in [3.8, 4) is 0 Å². The molecule has 1 atom stereocenters. The number of alkyl halides is 3. The first kappa shape index (κ1) is 16.3. The first-order valence-corrected chi connectivity index (χ1v) is 7.21. The molecule has 6 heteroatoms. The van der Waals surface area contributed by atoms with Crippen LogP contribution in [0.15, 0.2) is 24.3 Å². The maximum atomic E-state index is 12.8. The average Bonchev–Trinajstić information content (AvgIpc) is 2.64. The van der Waals surface area contributed by atoms with E-state index in [2.05, 4.69) is 16.8 Å². The van der Waals surface area contributed by atoms with Crippen molar-refractivity contribution >= 4 is 0 Å². The molecule has 2 N–H and O–H groups in total. The summed E-state index contributed by atoms with van der Waals surface area (Å²) >= 11 is 0. The first-order chi connectivity index (χ1) is 9.91. The third-order valence-electron chi connectivity index (χ3n) is 4.02. The maximum absolute atomic E-state index is 12.8. The predicted molar refractivity (Wildman–Crippen MR) is 76.9 cm³/mol. The molecular weight excluding hydrogens is 279 g/mol. The summed E-state index contributed by atoms with van der Waals surface area (Å²) in [5.74, 6) is 0. The summed E-state index contributed by atoms with van der Waals surface area (Å²) in [6, 6.07) is 5.38. The van der Waals surface area contributed by atoms with Crippen molar-refractivity contribution in [2.24, 2.45) is 5.73 Å². The van der Waals surface area contributed by atoms with Crippen LogP contribution in [0.2, 0.25) is 0 Å². The van der Waals surface area contributed by atoms with Gasteiger partial charge in [-0.25, -0.2) is 0 Å². The molecule has 0 spiro atoms. The smallest absolute Gasteiger partial charge is 0.329 e. The Morgan fingerprint density at radius 2 is 1.95 bits per heavy atom. The van der Waals surface area contributed by atoms with E-state index in [1.807, 2.05) is 0 Å². The van der Waals surface area contributed by atoms with Crippen LogP contribution in [-0.4, -0.2) is 49.6 Å². The monoisotopic (exact) mass is 301 g/mol. The molecular formula is C15H22F3N3. The number of hydrogen-bond acceptors (Lipinski definition) is 3. The molecule has 1 aromatic carbocycles. The fraction of sp³-hybridized carbons (Fsp3) is 0.600. The lowest BCUT2D eigenvalue weighted by atomic mass is 10.0. The Morgan fingerprint density at radius 1 is 1.19 bits per heavy atom. The standard InChI is InChI=1S/C15H22F3N3/c1-20-6-3-7-21(9-8-20)14(11-19)12-4-2-5-13(10-12)15(16,17)18/h2,4-5,10,14H,3,6-9,11,19H2,1H3.